The smallest absolute Gasteiger partial charge is 0.105 e. The highest BCUT2D eigenvalue weighted by molar-refractivity contribution is 5.69. The van der Waals surface area contributed by atoms with Crippen LogP contribution in [0.25, 0.3) is 0 Å². The monoisotopic (exact) mass is 216 g/mol. The van der Waals surface area contributed by atoms with Gasteiger partial charge in [0.15, 0.2) is 0 Å². The van der Waals surface area contributed by atoms with E-state index in [1.165, 1.54) is 5.56 Å². The minimum atomic E-state index is 0.791. The molecule has 0 bridgehead atoms. The van der Waals surface area contributed by atoms with E-state index < -0.39 is 0 Å². The van der Waals surface area contributed by atoms with E-state index >= 15 is 0 Å². The number of benzene rings is 1. The largest absolute Gasteiger partial charge is 0.469 e. The van der Waals surface area contributed by atoms with Crippen LogP contribution >= 0.6 is 0 Å². The first kappa shape index (κ1) is 10.6. The molecular weight excluding hydrogens is 200 g/mol. The number of nitrogens with two attached hydrogens (primary N) is 1. The van der Waals surface area contributed by atoms with Gasteiger partial charge < -0.3 is 15.5 Å². The van der Waals surface area contributed by atoms with Crippen molar-refractivity contribution < 1.29 is 4.42 Å². The molecule has 2 aromatic rings. The molecule has 0 aliphatic rings. The first-order valence-corrected chi connectivity index (χ1v) is 5.38. The molecule has 0 amide bonds. The Morgan fingerprint density at radius 1 is 1.25 bits per heavy atom. The van der Waals surface area contributed by atoms with E-state index in [-0.39, 0.29) is 0 Å². The lowest BCUT2D eigenvalue weighted by atomic mass is 10.1. The summed E-state index contributed by atoms with van der Waals surface area (Å²) in [6, 6.07) is 9.79. The van der Waals surface area contributed by atoms with Crippen molar-refractivity contribution in [2.75, 3.05) is 17.6 Å². The van der Waals surface area contributed by atoms with Gasteiger partial charge in [0.2, 0.25) is 0 Å². The lowest BCUT2D eigenvalue weighted by molar-refractivity contribution is 0.513. The van der Waals surface area contributed by atoms with Crippen LogP contribution < -0.4 is 11.1 Å². The Balaban J connectivity index is 1.95. The highest BCUT2D eigenvalue weighted by Crippen LogP contribution is 2.22. The molecule has 1 heterocycles. The number of aryl methyl sites for hydroxylation is 1. The van der Waals surface area contributed by atoms with Crippen molar-refractivity contribution in [1.82, 2.24) is 0 Å². The second-order valence-electron chi connectivity index (χ2n) is 3.80. The summed E-state index contributed by atoms with van der Waals surface area (Å²) in [5.41, 5.74) is 8.87. The fraction of sp³-hybridized carbons (Fsp3) is 0.231. The van der Waals surface area contributed by atoms with Crippen LogP contribution in [-0.4, -0.2) is 6.54 Å². The normalized spacial score (nSPS) is 10.3. The van der Waals surface area contributed by atoms with E-state index in [2.05, 4.69) is 5.32 Å². The van der Waals surface area contributed by atoms with Crippen LogP contribution in [-0.2, 0) is 6.42 Å². The highest BCUT2D eigenvalue weighted by Gasteiger charge is 2.02. The summed E-state index contributed by atoms with van der Waals surface area (Å²) in [5.74, 6) is 0.986. The number of anilines is 2. The number of furan rings is 1. The first-order chi connectivity index (χ1) is 7.77. The molecule has 0 saturated carbocycles. The SMILES string of the molecule is Cc1cccc(N)c1NCCc1ccco1. The third kappa shape index (κ3) is 2.37. The van der Waals surface area contributed by atoms with Crippen molar-refractivity contribution in [1.29, 1.82) is 0 Å². The van der Waals surface area contributed by atoms with Gasteiger partial charge in [0.1, 0.15) is 5.76 Å². The van der Waals surface area contributed by atoms with Gasteiger partial charge in [-0.15, -0.1) is 0 Å². The lowest BCUT2D eigenvalue weighted by Gasteiger charge is -2.11. The van der Waals surface area contributed by atoms with Gasteiger partial charge in [-0.05, 0) is 30.7 Å². The minimum Gasteiger partial charge on any atom is -0.469 e. The molecule has 3 heteroatoms. The predicted octanol–water partition coefficient (Wildman–Crippen LogP) is 2.82. The average molecular weight is 216 g/mol. The Morgan fingerprint density at radius 3 is 2.81 bits per heavy atom. The van der Waals surface area contributed by atoms with Gasteiger partial charge in [0, 0.05) is 13.0 Å². The number of hydrogen-bond acceptors (Lipinski definition) is 3. The van der Waals surface area contributed by atoms with E-state index in [9.17, 15) is 0 Å². The number of nitrogen functional groups attached to an aromatic ring is 1. The van der Waals surface area contributed by atoms with Crippen LogP contribution in [0.1, 0.15) is 11.3 Å². The highest BCUT2D eigenvalue weighted by atomic mass is 16.3. The molecule has 16 heavy (non-hydrogen) atoms. The summed E-state index contributed by atoms with van der Waals surface area (Å²) < 4.78 is 5.26. The summed E-state index contributed by atoms with van der Waals surface area (Å²) in [5, 5.41) is 3.33. The molecule has 0 saturated heterocycles. The summed E-state index contributed by atoms with van der Waals surface area (Å²) in [7, 11) is 0. The van der Waals surface area contributed by atoms with Crippen molar-refractivity contribution in [2.45, 2.75) is 13.3 Å². The van der Waals surface area contributed by atoms with Crippen LogP contribution in [0.4, 0.5) is 11.4 Å². The maximum absolute atomic E-state index is 5.89. The molecular formula is C13H16N2O. The van der Waals surface area contributed by atoms with Gasteiger partial charge in [-0.2, -0.15) is 0 Å². The second-order valence-corrected chi connectivity index (χ2v) is 3.80. The van der Waals surface area contributed by atoms with Gasteiger partial charge in [0.05, 0.1) is 17.6 Å². The molecule has 0 aliphatic heterocycles. The van der Waals surface area contributed by atoms with Crippen LogP contribution in [0.2, 0.25) is 0 Å². The zero-order valence-corrected chi connectivity index (χ0v) is 9.36. The quantitative estimate of drug-likeness (QED) is 0.773. The number of hydrogen-bond donors (Lipinski definition) is 2. The van der Waals surface area contributed by atoms with Gasteiger partial charge >= 0.3 is 0 Å². The first-order valence-electron chi connectivity index (χ1n) is 5.38. The summed E-state index contributed by atoms with van der Waals surface area (Å²) in [4.78, 5) is 0. The number of para-hydroxylation sites is 1. The van der Waals surface area contributed by atoms with Crippen LogP contribution in [0, 0.1) is 6.92 Å². The van der Waals surface area contributed by atoms with E-state index in [1.54, 1.807) is 6.26 Å². The second kappa shape index (κ2) is 4.75. The third-order valence-electron chi connectivity index (χ3n) is 2.56. The van der Waals surface area contributed by atoms with E-state index in [1.807, 2.05) is 37.3 Å². The van der Waals surface area contributed by atoms with E-state index in [4.69, 9.17) is 10.2 Å². The molecule has 0 fully saturated rings. The minimum absolute atomic E-state index is 0.791. The fourth-order valence-electron chi connectivity index (χ4n) is 1.70. The standard InChI is InChI=1S/C13H16N2O/c1-10-4-2-6-12(14)13(10)15-8-7-11-5-3-9-16-11/h2-6,9,15H,7-8,14H2,1H3. The molecule has 3 nitrogen and oxygen atoms in total. The number of rotatable bonds is 4. The van der Waals surface area contributed by atoms with Crippen LogP contribution in [0.3, 0.4) is 0 Å². The van der Waals surface area contributed by atoms with Crippen LogP contribution in [0.5, 0.6) is 0 Å². The zero-order chi connectivity index (χ0) is 11.4. The zero-order valence-electron chi connectivity index (χ0n) is 9.36. The molecule has 84 valence electrons. The van der Waals surface area contributed by atoms with Crippen molar-refractivity contribution in [3.8, 4) is 0 Å². The summed E-state index contributed by atoms with van der Waals surface area (Å²) in [6.07, 6.45) is 2.55. The predicted molar refractivity (Wildman–Crippen MR) is 66.5 cm³/mol. The fourth-order valence-corrected chi connectivity index (χ4v) is 1.70. The third-order valence-corrected chi connectivity index (χ3v) is 2.56. The van der Waals surface area contributed by atoms with Crippen molar-refractivity contribution in [3.05, 3.63) is 47.9 Å². The molecule has 0 spiro atoms. The lowest BCUT2D eigenvalue weighted by Crippen LogP contribution is -2.07. The Morgan fingerprint density at radius 2 is 2.12 bits per heavy atom. The molecule has 2 rings (SSSR count). The van der Waals surface area contributed by atoms with Crippen molar-refractivity contribution >= 4 is 11.4 Å². The maximum atomic E-state index is 5.89. The average Bonchev–Trinajstić information content (AvgIpc) is 2.75. The Bertz CT molecular complexity index is 429. The van der Waals surface area contributed by atoms with Crippen molar-refractivity contribution in [2.24, 2.45) is 0 Å². The Labute approximate surface area is 95.3 Å². The molecule has 0 unspecified atom stereocenters. The van der Waals surface area contributed by atoms with Gasteiger partial charge in [-0.25, -0.2) is 0 Å². The maximum Gasteiger partial charge on any atom is 0.105 e. The molecule has 3 N–H and O–H groups in total. The van der Waals surface area contributed by atoms with E-state index in [0.717, 1.165) is 30.1 Å². The molecule has 0 radical (unpaired) electrons. The molecule has 1 aromatic carbocycles. The summed E-state index contributed by atoms with van der Waals surface area (Å²) in [6.45, 7) is 2.87. The number of nitrogens with one attached hydrogen (secondary N) is 1. The van der Waals surface area contributed by atoms with Gasteiger partial charge in [-0.1, -0.05) is 12.1 Å². The summed E-state index contributed by atoms with van der Waals surface area (Å²) >= 11 is 0. The van der Waals surface area contributed by atoms with E-state index in [0.29, 0.717) is 0 Å². The van der Waals surface area contributed by atoms with Gasteiger partial charge in [0.25, 0.3) is 0 Å². The topological polar surface area (TPSA) is 51.2 Å². The molecule has 0 atom stereocenters. The van der Waals surface area contributed by atoms with Gasteiger partial charge in [-0.3, -0.25) is 0 Å². The van der Waals surface area contributed by atoms with Crippen molar-refractivity contribution in [3.63, 3.8) is 0 Å². The Hall–Kier alpha value is -1.90. The molecule has 1 aromatic heterocycles. The Kier molecular flexibility index (Phi) is 3.15. The molecule has 0 aliphatic carbocycles. The van der Waals surface area contributed by atoms with Crippen LogP contribution in [0.15, 0.2) is 41.0 Å².